The first-order valence-electron chi connectivity index (χ1n) is 48.9. The third-order valence-corrected chi connectivity index (χ3v) is 27.0. The Hall–Kier alpha value is -9.10. The van der Waals surface area contributed by atoms with Gasteiger partial charge in [-0.15, -0.1) is 0 Å². The number of ether oxygens (including phenoxy) is 26. The summed E-state index contributed by atoms with van der Waals surface area (Å²) in [5, 5.41) is 20.0. The Morgan fingerprint density at radius 1 is 0.385 bits per heavy atom. The molecule has 42 nitrogen and oxygen atoms in total. The molecule has 5 aromatic carbocycles. The van der Waals surface area contributed by atoms with Crippen LogP contribution in [0.5, 0.6) is 0 Å². The van der Waals surface area contributed by atoms with Crippen molar-refractivity contribution in [3.05, 3.63) is 185 Å². The summed E-state index contributed by atoms with van der Waals surface area (Å²) in [4.78, 5) is 42.0. The number of aromatic nitrogens is 10. The Balaban J connectivity index is 0.000000162. The first-order chi connectivity index (χ1) is 71.7. The van der Waals surface area contributed by atoms with Gasteiger partial charge < -0.3 is 150 Å². The Labute approximate surface area is 863 Å². The van der Waals surface area contributed by atoms with E-state index in [0.717, 1.165) is 28.7 Å². The highest BCUT2D eigenvalue weighted by Crippen LogP contribution is 2.44. The number of aliphatic hydroxyl groups is 1. The summed E-state index contributed by atoms with van der Waals surface area (Å²) in [6.45, 7) is 12.3. The van der Waals surface area contributed by atoms with E-state index in [-0.39, 0.29) is 129 Å². The number of nitrogen functional groups attached to an aromatic ring is 2. The molecular formula is C104H152F2N14O28. The number of fused-ring (bicyclic) bond motifs is 4. The topological polar surface area (TPSA) is 458 Å². The molecule has 8 aliphatic heterocycles. The predicted octanol–water partition coefficient (Wildman–Crippen LogP) is 8.30. The Morgan fingerprint density at radius 3 is 1.29 bits per heavy atom. The van der Waals surface area contributed by atoms with Crippen LogP contribution >= 0.6 is 0 Å². The highest BCUT2D eigenvalue weighted by molar-refractivity contribution is 5.86. The second kappa shape index (κ2) is 59.2. The summed E-state index contributed by atoms with van der Waals surface area (Å²) in [5.74, 6) is 2.28. The quantitative estimate of drug-likeness (QED) is 0.0253. The number of likely N-dealkylation sites (N-methyl/N-ethyl adjacent to an activating group) is 2. The number of imidazole rings is 2. The van der Waals surface area contributed by atoms with Crippen LogP contribution in [0.4, 0.5) is 20.4 Å². The van der Waals surface area contributed by atoms with Gasteiger partial charge in [0.2, 0.25) is 0 Å². The van der Waals surface area contributed by atoms with E-state index in [2.05, 4.69) is 82.8 Å². The monoisotopic (exact) mass is 2080 g/mol. The molecule has 148 heavy (non-hydrogen) atoms. The van der Waals surface area contributed by atoms with Gasteiger partial charge in [0.15, 0.2) is 54.0 Å². The number of para-hydroxylation sites is 1. The van der Waals surface area contributed by atoms with Crippen molar-refractivity contribution >= 4 is 55.6 Å². The summed E-state index contributed by atoms with van der Waals surface area (Å²) in [6.07, 6.45) is -6.46. The van der Waals surface area contributed by atoms with Crippen molar-refractivity contribution in [1.29, 1.82) is 0 Å². The smallest absolute Gasteiger partial charge is 0.350 e. The fourth-order valence-electron chi connectivity index (χ4n) is 20.0. The van der Waals surface area contributed by atoms with E-state index in [1.807, 2.05) is 96.5 Å². The highest BCUT2D eigenvalue weighted by atomic mass is 19.1. The van der Waals surface area contributed by atoms with Gasteiger partial charge in [-0.05, 0) is 68.4 Å². The average molecular weight is 2080 g/mol. The van der Waals surface area contributed by atoms with Gasteiger partial charge in [-0.1, -0.05) is 128 Å². The van der Waals surface area contributed by atoms with Gasteiger partial charge in [-0.3, -0.25) is 13.7 Å². The highest BCUT2D eigenvalue weighted by Gasteiger charge is 2.53. The van der Waals surface area contributed by atoms with Crippen molar-refractivity contribution in [3.63, 3.8) is 0 Å². The van der Waals surface area contributed by atoms with E-state index in [0.29, 0.717) is 116 Å². The molecule has 8 aliphatic rings. The predicted molar refractivity (Wildman–Crippen MR) is 544 cm³/mol. The molecule has 30 atom stereocenters. The van der Waals surface area contributed by atoms with Crippen LogP contribution in [0, 0.1) is 26.7 Å². The normalized spacial score (nSPS) is 30.4. The van der Waals surface area contributed by atoms with Crippen LogP contribution in [0.25, 0.3) is 44.0 Å². The first-order valence-corrected chi connectivity index (χ1v) is 48.9. The fraction of sp³-hybridized carbons (Fsp3) is 0.615. The van der Waals surface area contributed by atoms with Crippen molar-refractivity contribution < 1.29 is 137 Å². The summed E-state index contributed by atoms with van der Waals surface area (Å²) in [6, 6.07) is 41.0. The number of methoxy groups -OCH3 is 18. The number of aryl methyl sites for hydroxylation is 3. The number of hydrogen-bond acceptors (Lipinski definition) is 39. The lowest BCUT2D eigenvalue weighted by atomic mass is 9.96. The average Bonchev–Trinajstić information content (AvgIpc) is 1.40. The molecule has 0 amide bonds. The summed E-state index contributed by atoms with van der Waals surface area (Å²) in [7, 11) is 33.0. The van der Waals surface area contributed by atoms with E-state index in [9.17, 15) is 18.7 Å². The van der Waals surface area contributed by atoms with Crippen molar-refractivity contribution in [1.82, 2.24) is 59.2 Å². The molecule has 0 aliphatic carbocycles. The standard InChI is InChI=1S/C18H22O4.C16H19FN2O4.C14H22N6O3.C14H20O4.C13H17FO3.C13H20N6O3.C8H16O4.C8H16O3/c1-19-11-15-17(20-2)18(21-3)16(22-15)14-10-6-8-12-7-4-5-9-13(12)14;1-9-10-6-4-5-7-11(10)19(16(20)18-9)15-13(17)14(22-3)12(23-15)8-21-2;1-7-18-12(15)10-13(19-7)20(6-17-10)14-11(22-4)9(16-2)8(23-14)5-21-3;1-15-9-11-13(16-2)14(17-3)12(18-11)10-7-5-4-6-8-10;1-15-8-10-13(16-2)11(14)12(17-10)9-6-4-3-5-7-9;1-6-17-11(14)9-12(18-6)19(5-16-9)13-10(20)8(15-2)7(22-13)4-21-3;1-9-4-7-8(11-3)6(10-2)5-12-7;1-6-4-11-7(5-9-2)8(6)10-3/h4-10,15-18H,11H2,1-3H3;4-7,12-15H,8H2,1-3H3;6,8-9,11,14,16H,5H2,1-4H3,(H2,15,18,19);4-8,11-14H,9H2,1-3H3;3-7,10-13H,8H2,1-2H3;5,7-8,10,13,15,20H,4H2,1-3H3,(H2,14,17,18);6-8H,4-5H2,1-3H3;6-8H,4-5H2,1-3H3/t15-,16+,17-,18+;12-,13-,14-,15-;8-,9?,11?,14-;11-,12+,13-,14+;10-,11+,12+,13-;7-,8?,10?,13-;2*6-,7+,8-/m11111100/s1. The molecule has 4 unspecified atom stereocenters. The third kappa shape index (κ3) is 28.3. The molecule has 13 heterocycles. The molecule has 18 rings (SSSR count). The maximum Gasteiger partial charge on any atom is 0.350 e. The second-order valence-corrected chi connectivity index (χ2v) is 36.1. The van der Waals surface area contributed by atoms with Crippen LogP contribution in [-0.4, -0.2) is 402 Å². The molecule has 0 bridgehead atoms. The van der Waals surface area contributed by atoms with Gasteiger partial charge in [0.25, 0.3) is 0 Å². The van der Waals surface area contributed by atoms with E-state index in [4.69, 9.17) is 135 Å². The molecule has 8 fully saturated rings. The summed E-state index contributed by atoms with van der Waals surface area (Å²) in [5.41, 5.74) is 17.8. The van der Waals surface area contributed by atoms with E-state index >= 15 is 0 Å². The SMILES string of the molecule is CNC1C(O)[C@H](n2cnc3c(N)nc(C)nc32)O[C@@H]1COC.CNC1C(OC)[C@H](n2cnc3c(N)nc(C)nc32)O[C@@H]1COC.COC[C@H]1OC[C@H](C)[C@@H]1OC.COC[C@H]1OC[C@H](OC)[C@@H]1OC.COC[C@H]1O[C@@H](c2cccc3ccccc23)[C@H](OC)[C@@H]1OC.COC[C@H]1O[C@@H](c2ccccc2)[C@H](F)[C@@H]1OC.COC[C@H]1O[C@@H](c2ccccc2)[C@H](OC)[C@@H]1OC.COC[C@H]1O[C@@H](n2c(=O)nc(C)c3ccccc32)[C@H](F)[C@@H]1OC. The second-order valence-electron chi connectivity index (χ2n) is 36.1. The third-order valence-electron chi connectivity index (χ3n) is 27.0. The number of nitrogens with one attached hydrogen (secondary N) is 2. The van der Waals surface area contributed by atoms with Gasteiger partial charge in [0.05, 0.1) is 108 Å². The van der Waals surface area contributed by atoms with Crippen LogP contribution < -0.4 is 27.8 Å². The van der Waals surface area contributed by atoms with Crippen LogP contribution in [0.15, 0.2) is 145 Å². The Morgan fingerprint density at radius 2 is 0.784 bits per heavy atom. The number of anilines is 2. The van der Waals surface area contributed by atoms with Gasteiger partial charge in [-0.2, -0.15) is 4.98 Å². The van der Waals surface area contributed by atoms with Gasteiger partial charge in [0, 0.05) is 139 Å². The maximum absolute atomic E-state index is 14.8. The molecule has 10 aromatic rings. The zero-order valence-electron chi connectivity index (χ0n) is 89.0. The molecule has 44 heteroatoms. The number of nitrogens with two attached hydrogens (primary N) is 2. The van der Waals surface area contributed by atoms with Gasteiger partial charge in [0.1, 0.15) is 151 Å². The maximum atomic E-state index is 14.8. The zero-order valence-corrected chi connectivity index (χ0v) is 89.0. The number of benzene rings is 5. The minimum atomic E-state index is -1.49. The number of alkyl halides is 2. The summed E-state index contributed by atoms with van der Waals surface area (Å²) < 4.78 is 175. The van der Waals surface area contributed by atoms with E-state index in [1.54, 1.807) is 164 Å². The van der Waals surface area contributed by atoms with Gasteiger partial charge >= 0.3 is 5.69 Å². The van der Waals surface area contributed by atoms with Crippen molar-refractivity contribution in [2.75, 3.05) is 220 Å². The van der Waals surface area contributed by atoms with Crippen molar-refractivity contribution in [2.45, 2.75) is 205 Å². The lowest BCUT2D eigenvalue weighted by Gasteiger charge is -2.22. The van der Waals surface area contributed by atoms with Crippen molar-refractivity contribution in [2.24, 2.45) is 5.92 Å². The van der Waals surface area contributed by atoms with Crippen LogP contribution in [0.3, 0.4) is 0 Å². The number of rotatable bonds is 34. The molecule has 0 radical (unpaired) electrons. The van der Waals surface area contributed by atoms with Crippen LogP contribution in [0.1, 0.15) is 78.0 Å². The molecule has 7 N–H and O–H groups in total. The zero-order chi connectivity index (χ0) is 107. The minimum absolute atomic E-state index is 0.00458. The van der Waals surface area contributed by atoms with E-state index in [1.165, 1.54) is 36.7 Å². The summed E-state index contributed by atoms with van der Waals surface area (Å²) >= 11 is 0. The lowest BCUT2D eigenvalue weighted by Crippen LogP contribution is -2.44. The molecule has 5 aromatic heterocycles. The number of aliphatic hydroxyl groups excluding tert-OH is 1. The number of halogens is 2. The molecule has 0 saturated carbocycles. The number of nitrogens with zero attached hydrogens (tertiary/aromatic N) is 10. The van der Waals surface area contributed by atoms with Crippen molar-refractivity contribution in [3.8, 4) is 0 Å². The molecular weight excluding hydrogens is 1930 g/mol. The lowest BCUT2D eigenvalue weighted by molar-refractivity contribution is -0.0626. The van der Waals surface area contributed by atoms with E-state index < -0.39 is 61.0 Å². The first kappa shape index (κ1) is 119. The molecule has 820 valence electrons. The van der Waals surface area contributed by atoms with Gasteiger partial charge in [-0.25, -0.2) is 43.5 Å². The Kier molecular flexibility index (Phi) is 47.7. The largest absolute Gasteiger partial charge is 0.387 e. The fourth-order valence-corrected chi connectivity index (χ4v) is 20.0. The number of hydrogen-bond donors (Lipinski definition) is 5. The molecule has 8 saturated heterocycles. The van der Waals surface area contributed by atoms with Crippen LogP contribution in [-0.2, 0) is 123 Å². The molecule has 0 spiro atoms. The van der Waals surface area contributed by atoms with Crippen LogP contribution in [0.2, 0.25) is 0 Å². The minimum Gasteiger partial charge on any atom is -0.387 e. The Bertz CT molecular complexity index is 5620.